The van der Waals surface area contributed by atoms with Crippen molar-refractivity contribution < 1.29 is 9.50 Å². The summed E-state index contributed by atoms with van der Waals surface area (Å²) < 4.78 is 13.0. The Morgan fingerprint density at radius 3 is 2.67 bits per heavy atom. The molecule has 0 fully saturated rings. The maximum Gasteiger partial charge on any atom is 0.141 e. The van der Waals surface area contributed by atoms with Gasteiger partial charge in [-0.05, 0) is 36.5 Å². The topological polar surface area (TPSA) is 32.3 Å². The standard InChI is InChI=1S/C14H21ClFNO/c1-10(18)7-14(2,3)9-17-8-11-4-5-13(16)12(15)6-11/h4-6,10,17-18H,7-9H2,1-3H3. The molecule has 0 aliphatic heterocycles. The van der Waals surface area contributed by atoms with E-state index >= 15 is 0 Å². The number of hydrogen-bond acceptors (Lipinski definition) is 2. The van der Waals surface area contributed by atoms with Gasteiger partial charge in [0.05, 0.1) is 11.1 Å². The number of nitrogens with one attached hydrogen (secondary N) is 1. The van der Waals surface area contributed by atoms with Crippen LogP contribution in [0.15, 0.2) is 18.2 Å². The summed E-state index contributed by atoms with van der Waals surface area (Å²) in [6, 6.07) is 4.72. The van der Waals surface area contributed by atoms with Crippen molar-refractivity contribution in [3.63, 3.8) is 0 Å². The van der Waals surface area contributed by atoms with E-state index in [4.69, 9.17) is 11.6 Å². The highest BCUT2D eigenvalue weighted by molar-refractivity contribution is 6.30. The molecule has 0 radical (unpaired) electrons. The van der Waals surface area contributed by atoms with E-state index in [2.05, 4.69) is 19.2 Å². The maximum absolute atomic E-state index is 13.0. The van der Waals surface area contributed by atoms with E-state index in [0.717, 1.165) is 18.5 Å². The minimum absolute atomic E-state index is 0.0258. The minimum Gasteiger partial charge on any atom is -0.393 e. The fourth-order valence-corrected chi connectivity index (χ4v) is 2.27. The lowest BCUT2D eigenvalue weighted by atomic mass is 9.87. The van der Waals surface area contributed by atoms with Gasteiger partial charge in [-0.25, -0.2) is 4.39 Å². The number of rotatable bonds is 6. The lowest BCUT2D eigenvalue weighted by Gasteiger charge is -2.26. The SMILES string of the molecule is CC(O)CC(C)(C)CNCc1ccc(F)c(Cl)c1. The van der Waals surface area contributed by atoms with Gasteiger partial charge in [-0.2, -0.15) is 0 Å². The fraction of sp³-hybridized carbons (Fsp3) is 0.571. The van der Waals surface area contributed by atoms with Gasteiger partial charge in [0.2, 0.25) is 0 Å². The zero-order valence-corrected chi connectivity index (χ0v) is 11.9. The second-order valence-electron chi connectivity index (χ2n) is 5.57. The van der Waals surface area contributed by atoms with Crippen LogP contribution in [0.25, 0.3) is 0 Å². The molecule has 0 saturated heterocycles. The predicted molar refractivity (Wildman–Crippen MR) is 73.2 cm³/mol. The van der Waals surface area contributed by atoms with E-state index in [0.29, 0.717) is 6.54 Å². The Hall–Kier alpha value is -0.640. The highest BCUT2D eigenvalue weighted by Crippen LogP contribution is 2.21. The number of hydrogen-bond donors (Lipinski definition) is 2. The van der Waals surface area contributed by atoms with E-state index in [1.807, 2.05) is 0 Å². The van der Waals surface area contributed by atoms with E-state index < -0.39 is 5.82 Å². The summed E-state index contributed by atoms with van der Waals surface area (Å²) in [5.74, 6) is -0.394. The van der Waals surface area contributed by atoms with Crippen LogP contribution in [0.5, 0.6) is 0 Å². The highest BCUT2D eigenvalue weighted by Gasteiger charge is 2.19. The average molecular weight is 274 g/mol. The molecule has 2 N–H and O–H groups in total. The van der Waals surface area contributed by atoms with Crippen molar-refractivity contribution in [1.82, 2.24) is 5.32 Å². The molecule has 0 saturated carbocycles. The second kappa shape index (κ2) is 6.50. The molecule has 1 rings (SSSR count). The summed E-state index contributed by atoms with van der Waals surface area (Å²) in [6.07, 6.45) is 0.437. The fourth-order valence-electron chi connectivity index (χ4n) is 2.07. The normalized spacial score (nSPS) is 13.7. The van der Waals surface area contributed by atoms with Crippen LogP contribution in [0.2, 0.25) is 5.02 Å². The Balaban J connectivity index is 2.43. The monoisotopic (exact) mass is 273 g/mol. The molecule has 2 nitrogen and oxygen atoms in total. The van der Waals surface area contributed by atoms with Gasteiger partial charge in [0.1, 0.15) is 5.82 Å². The summed E-state index contributed by atoms with van der Waals surface area (Å²) in [7, 11) is 0. The van der Waals surface area contributed by atoms with Crippen LogP contribution < -0.4 is 5.32 Å². The van der Waals surface area contributed by atoms with Crippen molar-refractivity contribution in [2.75, 3.05) is 6.54 Å². The quantitative estimate of drug-likeness (QED) is 0.833. The first-order valence-corrected chi connectivity index (χ1v) is 6.51. The van der Waals surface area contributed by atoms with Gasteiger partial charge in [0.15, 0.2) is 0 Å². The molecule has 0 spiro atoms. The van der Waals surface area contributed by atoms with Crippen LogP contribution in [0.1, 0.15) is 32.8 Å². The minimum atomic E-state index is -0.394. The van der Waals surface area contributed by atoms with Crippen LogP contribution >= 0.6 is 11.6 Å². The maximum atomic E-state index is 13.0. The molecule has 0 heterocycles. The number of halogens is 2. The van der Waals surface area contributed by atoms with Crippen molar-refractivity contribution in [1.29, 1.82) is 0 Å². The van der Waals surface area contributed by atoms with E-state index in [-0.39, 0.29) is 16.5 Å². The Morgan fingerprint density at radius 1 is 1.44 bits per heavy atom. The third-order valence-corrected chi connectivity index (χ3v) is 3.05. The third-order valence-electron chi connectivity index (χ3n) is 2.76. The average Bonchev–Trinajstić information content (AvgIpc) is 2.21. The molecule has 102 valence electrons. The van der Waals surface area contributed by atoms with E-state index in [9.17, 15) is 9.50 Å². The molecular formula is C14H21ClFNO. The summed E-state index contributed by atoms with van der Waals surface area (Å²) in [5, 5.41) is 12.8. The molecule has 0 bridgehead atoms. The van der Waals surface area contributed by atoms with Crippen molar-refractivity contribution in [3.05, 3.63) is 34.6 Å². The zero-order valence-electron chi connectivity index (χ0n) is 11.1. The van der Waals surface area contributed by atoms with Crippen LogP contribution in [0.3, 0.4) is 0 Å². The van der Waals surface area contributed by atoms with Gasteiger partial charge < -0.3 is 10.4 Å². The molecule has 4 heteroatoms. The molecule has 1 atom stereocenters. The van der Waals surface area contributed by atoms with Gasteiger partial charge in [-0.15, -0.1) is 0 Å². The second-order valence-corrected chi connectivity index (χ2v) is 5.98. The number of aliphatic hydroxyl groups excluding tert-OH is 1. The first-order valence-electron chi connectivity index (χ1n) is 6.13. The van der Waals surface area contributed by atoms with Crippen LogP contribution in [0, 0.1) is 11.2 Å². The first-order chi connectivity index (χ1) is 8.30. The zero-order chi connectivity index (χ0) is 13.8. The molecule has 0 aliphatic rings. The first kappa shape index (κ1) is 15.4. The van der Waals surface area contributed by atoms with Gasteiger partial charge in [0, 0.05) is 13.1 Å². The van der Waals surface area contributed by atoms with Crippen molar-refractivity contribution in [2.45, 2.75) is 39.8 Å². The molecule has 1 aromatic carbocycles. The van der Waals surface area contributed by atoms with Crippen LogP contribution in [-0.2, 0) is 6.54 Å². The summed E-state index contributed by atoms with van der Waals surface area (Å²) in [5.41, 5.74) is 0.979. The lowest BCUT2D eigenvalue weighted by molar-refractivity contribution is 0.128. The molecule has 1 aromatic rings. The largest absolute Gasteiger partial charge is 0.393 e. The van der Waals surface area contributed by atoms with Gasteiger partial charge in [0.25, 0.3) is 0 Å². The summed E-state index contributed by atoms with van der Waals surface area (Å²) in [4.78, 5) is 0. The van der Waals surface area contributed by atoms with E-state index in [1.54, 1.807) is 19.1 Å². The molecule has 0 amide bonds. The smallest absolute Gasteiger partial charge is 0.141 e. The lowest BCUT2D eigenvalue weighted by Crippen LogP contribution is -2.31. The predicted octanol–water partition coefficient (Wildman–Crippen LogP) is 3.37. The Labute approximate surface area is 113 Å². The Bertz CT molecular complexity index is 393. The molecular weight excluding hydrogens is 253 g/mol. The van der Waals surface area contributed by atoms with Gasteiger partial charge in [-0.3, -0.25) is 0 Å². The number of benzene rings is 1. The van der Waals surface area contributed by atoms with Crippen molar-refractivity contribution in [2.24, 2.45) is 5.41 Å². The summed E-state index contributed by atoms with van der Waals surface area (Å²) >= 11 is 5.72. The van der Waals surface area contributed by atoms with E-state index in [1.165, 1.54) is 6.07 Å². The Morgan fingerprint density at radius 2 is 2.11 bits per heavy atom. The van der Waals surface area contributed by atoms with Gasteiger partial charge in [-0.1, -0.05) is 31.5 Å². The van der Waals surface area contributed by atoms with Crippen molar-refractivity contribution in [3.8, 4) is 0 Å². The van der Waals surface area contributed by atoms with Gasteiger partial charge >= 0.3 is 0 Å². The van der Waals surface area contributed by atoms with Crippen LogP contribution in [0.4, 0.5) is 4.39 Å². The summed E-state index contributed by atoms with van der Waals surface area (Å²) in [6.45, 7) is 7.42. The van der Waals surface area contributed by atoms with Crippen molar-refractivity contribution >= 4 is 11.6 Å². The van der Waals surface area contributed by atoms with Crippen LogP contribution in [-0.4, -0.2) is 17.8 Å². The third kappa shape index (κ3) is 5.34. The molecule has 0 aliphatic carbocycles. The molecule has 18 heavy (non-hydrogen) atoms. The molecule has 1 unspecified atom stereocenters. The molecule has 0 aromatic heterocycles. The number of aliphatic hydroxyl groups is 1. The highest BCUT2D eigenvalue weighted by atomic mass is 35.5. The Kier molecular flexibility index (Phi) is 5.57.